The third-order valence-electron chi connectivity index (χ3n) is 2.50. The molecule has 0 fully saturated rings. The highest BCUT2D eigenvalue weighted by atomic mass is 16.5. The largest absolute Gasteiger partial charge is 0.496 e. The van der Waals surface area contributed by atoms with Crippen LogP contribution in [0.4, 0.5) is 5.69 Å². The number of ketones is 1. The summed E-state index contributed by atoms with van der Waals surface area (Å²) >= 11 is 0. The molecule has 0 spiro atoms. The van der Waals surface area contributed by atoms with Gasteiger partial charge in [-0.25, -0.2) is 0 Å². The van der Waals surface area contributed by atoms with Gasteiger partial charge in [-0.05, 0) is 13.0 Å². The standard InChI is InChI=1S/C13H19NO3/c1-9(15)6-10-7-13(17-5)11(14(2)3)8-12(10)16-4/h7-8H,6H2,1-5H3. The molecular weight excluding hydrogens is 218 g/mol. The van der Waals surface area contributed by atoms with E-state index < -0.39 is 0 Å². The fraction of sp³-hybridized carbons (Fsp3) is 0.462. The molecule has 0 atom stereocenters. The number of methoxy groups -OCH3 is 2. The van der Waals surface area contributed by atoms with Crippen LogP contribution in [0.15, 0.2) is 12.1 Å². The lowest BCUT2D eigenvalue weighted by molar-refractivity contribution is -0.116. The van der Waals surface area contributed by atoms with Crippen molar-refractivity contribution in [2.24, 2.45) is 0 Å². The van der Waals surface area contributed by atoms with Crippen LogP contribution in [0, 0.1) is 0 Å². The average Bonchev–Trinajstić information content (AvgIpc) is 2.27. The maximum atomic E-state index is 11.2. The van der Waals surface area contributed by atoms with Crippen molar-refractivity contribution in [1.29, 1.82) is 0 Å². The van der Waals surface area contributed by atoms with Crippen molar-refractivity contribution in [3.8, 4) is 11.5 Å². The molecule has 0 amide bonds. The Morgan fingerprint density at radius 1 is 1.18 bits per heavy atom. The van der Waals surface area contributed by atoms with Gasteiger partial charge in [-0.1, -0.05) is 0 Å². The molecule has 0 unspecified atom stereocenters. The topological polar surface area (TPSA) is 38.8 Å². The second-order valence-electron chi connectivity index (χ2n) is 4.11. The van der Waals surface area contributed by atoms with Gasteiger partial charge in [0.2, 0.25) is 0 Å². The summed E-state index contributed by atoms with van der Waals surface area (Å²) in [5.41, 5.74) is 1.78. The van der Waals surface area contributed by atoms with E-state index in [1.165, 1.54) is 0 Å². The maximum absolute atomic E-state index is 11.2. The number of benzene rings is 1. The molecule has 0 saturated carbocycles. The van der Waals surface area contributed by atoms with E-state index in [1.807, 2.05) is 31.1 Å². The number of Topliss-reactive ketones (excluding diaryl/α,β-unsaturated/α-hetero) is 1. The molecule has 1 aromatic rings. The summed E-state index contributed by atoms with van der Waals surface area (Å²) in [5, 5.41) is 0. The number of hydrogen-bond donors (Lipinski definition) is 0. The molecule has 0 heterocycles. The fourth-order valence-corrected chi connectivity index (χ4v) is 1.70. The lowest BCUT2D eigenvalue weighted by Crippen LogP contribution is -2.11. The zero-order chi connectivity index (χ0) is 13.0. The second-order valence-corrected chi connectivity index (χ2v) is 4.11. The summed E-state index contributed by atoms with van der Waals surface area (Å²) in [6, 6.07) is 3.74. The van der Waals surface area contributed by atoms with Crippen LogP contribution in [0.25, 0.3) is 0 Å². The Hall–Kier alpha value is -1.71. The first-order chi connectivity index (χ1) is 7.99. The third kappa shape index (κ3) is 3.12. The van der Waals surface area contributed by atoms with Gasteiger partial charge in [0.1, 0.15) is 17.3 Å². The minimum Gasteiger partial charge on any atom is -0.496 e. The summed E-state index contributed by atoms with van der Waals surface area (Å²) in [4.78, 5) is 13.1. The van der Waals surface area contributed by atoms with Gasteiger partial charge in [0.15, 0.2) is 0 Å². The van der Waals surface area contributed by atoms with Crippen molar-refractivity contribution < 1.29 is 14.3 Å². The second kappa shape index (κ2) is 5.57. The van der Waals surface area contributed by atoms with Gasteiger partial charge in [0.25, 0.3) is 0 Å². The predicted molar refractivity (Wildman–Crippen MR) is 68.3 cm³/mol. The lowest BCUT2D eigenvalue weighted by Gasteiger charge is -2.19. The predicted octanol–water partition coefficient (Wildman–Crippen LogP) is 1.90. The van der Waals surface area contributed by atoms with E-state index in [-0.39, 0.29) is 5.78 Å². The molecule has 4 nitrogen and oxygen atoms in total. The molecule has 0 bridgehead atoms. The van der Waals surface area contributed by atoms with E-state index >= 15 is 0 Å². The van der Waals surface area contributed by atoms with E-state index in [0.29, 0.717) is 12.2 Å². The smallest absolute Gasteiger partial charge is 0.142 e. The molecule has 0 aliphatic carbocycles. The van der Waals surface area contributed by atoms with Gasteiger partial charge in [0, 0.05) is 32.1 Å². The highest BCUT2D eigenvalue weighted by Crippen LogP contribution is 2.34. The molecular formula is C13H19NO3. The van der Waals surface area contributed by atoms with Crippen molar-refractivity contribution in [3.05, 3.63) is 17.7 Å². The number of rotatable bonds is 5. The summed E-state index contributed by atoms with van der Waals surface area (Å²) < 4.78 is 10.6. The molecule has 0 radical (unpaired) electrons. The first-order valence-corrected chi connectivity index (χ1v) is 5.41. The van der Waals surface area contributed by atoms with Crippen LogP contribution < -0.4 is 14.4 Å². The SMILES string of the molecule is COc1cc(N(C)C)c(OC)cc1CC(C)=O. The van der Waals surface area contributed by atoms with Crippen LogP contribution in [0.3, 0.4) is 0 Å². The van der Waals surface area contributed by atoms with E-state index in [4.69, 9.17) is 9.47 Å². The molecule has 17 heavy (non-hydrogen) atoms. The quantitative estimate of drug-likeness (QED) is 0.784. The normalized spacial score (nSPS) is 9.94. The highest BCUT2D eigenvalue weighted by Gasteiger charge is 2.13. The molecule has 0 aliphatic heterocycles. The van der Waals surface area contributed by atoms with E-state index in [0.717, 1.165) is 17.0 Å². The molecule has 4 heteroatoms. The Labute approximate surface area is 102 Å². The summed E-state index contributed by atoms with van der Waals surface area (Å²) in [6.45, 7) is 1.56. The molecule has 1 rings (SSSR count). The summed E-state index contributed by atoms with van der Waals surface area (Å²) in [6.07, 6.45) is 0.354. The minimum absolute atomic E-state index is 0.1000. The zero-order valence-corrected chi connectivity index (χ0v) is 11.0. The lowest BCUT2D eigenvalue weighted by atomic mass is 10.1. The first-order valence-electron chi connectivity index (χ1n) is 5.41. The molecule has 0 saturated heterocycles. The van der Waals surface area contributed by atoms with Gasteiger partial charge < -0.3 is 14.4 Å². The van der Waals surface area contributed by atoms with Crippen molar-refractivity contribution in [1.82, 2.24) is 0 Å². The summed E-state index contributed by atoms with van der Waals surface area (Å²) in [7, 11) is 7.08. The number of carbonyl (C=O) groups excluding carboxylic acids is 1. The van der Waals surface area contributed by atoms with Crippen LogP contribution >= 0.6 is 0 Å². The van der Waals surface area contributed by atoms with E-state index in [9.17, 15) is 4.79 Å². The van der Waals surface area contributed by atoms with Gasteiger partial charge in [-0.3, -0.25) is 4.79 Å². The molecule has 94 valence electrons. The van der Waals surface area contributed by atoms with Crippen LogP contribution in [0.1, 0.15) is 12.5 Å². The Morgan fingerprint density at radius 2 is 1.76 bits per heavy atom. The molecule has 0 aliphatic rings. The number of nitrogens with zero attached hydrogens (tertiary/aromatic N) is 1. The van der Waals surface area contributed by atoms with Gasteiger partial charge >= 0.3 is 0 Å². The highest BCUT2D eigenvalue weighted by molar-refractivity contribution is 5.80. The van der Waals surface area contributed by atoms with Gasteiger partial charge in [-0.15, -0.1) is 0 Å². The molecule has 0 N–H and O–H groups in total. The average molecular weight is 237 g/mol. The van der Waals surface area contributed by atoms with Crippen LogP contribution in [-0.4, -0.2) is 34.1 Å². The Morgan fingerprint density at radius 3 is 2.18 bits per heavy atom. The Balaban J connectivity index is 3.27. The van der Waals surface area contributed by atoms with E-state index in [1.54, 1.807) is 21.1 Å². The monoisotopic (exact) mass is 237 g/mol. The number of ether oxygens (including phenoxy) is 2. The van der Waals surface area contributed by atoms with Crippen LogP contribution in [-0.2, 0) is 11.2 Å². The van der Waals surface area contributed by atoms with Crippen molar-refractivity contribution in [3.63, 3.8) is 0 Å². The first kappa shape index (κ1) is 13.4. The van der Waals surface area contributed by atoms with Gasteiger partial charge in [0.05, 0.1) is 19.9 Å². The maximum Gasteiger partial charge on any atom is 0.142 e. The van der Waals surface area contributed by atoms with Gasteiger partial charge in [-0.2, -0.15) is 0 Å². The Kier molecular flexibility index (Phi) is 4.37. The van der Waals surface area contributed by atoms with Crippen molar-refractivity contribution in [2.45, 2.75) is 13.3 Å². The van der Waals surface area contributed by atoms with Crippen molar-refractivity contribution >= 4 is 11.5 Å². The van der Waals surface area contributed by atoms with Crippen molar-refractivity contribution in [2.75, 3.05) is 33.2 Å². The minimum atomic E-state index is 0.1000. The zero-order valence-electron chi connectivity index (χ0n) is 11.0. The van der Waals surface area contributed by atoms with E-state index in [2.05, 4.69) is 0 Å². The Bertz CT molecular complexity index is 413. The summed E-state index contributed by atoms with van der Waals surface area (Å²) in [5.74, 6) is 1.56. The number of carbonyl (C=O) groups is 1. The van der Waals surface area contributed by atoms with Crippen LogP contribution in [0.5, 0.6) is 11.5 Å². The number of anilines is 1. The van der Waals surface area contributed by atoms with Crippen LogP contribution in [0.2, 0.25) is 0 Å². The fourth-order valence-electron chi connectivity index (χ4n) is 1.70. The molecule has 0 aromatic heterocycles. The third-order valence-corrected chi connectivity index (χ3v) is 2.50. The molecule has 1 aromatic carbocycles. The number of hydrogen-bond acceptors (Lipinski definition) is 4.